The Labute approximate surface area is 117 Å². The van der Waals surface area contributed by atoms with Crippen LogP contribution in [-0.4, -0.2) is 20.3 Å². The van der Waals surface area contributed by atoms with E-state index in [9.17, 15) is 0 Å². The highest BCUT2D eigenvalue weighted by atomic mass is 16.5. The van der Waals surface area contributed by atoms with Gasteiger partial charge < -0.3 is 10.1 Å². The second kappa shape index (κ2) is 7.66. The number of benzene rings is 1. The lowest BCUT2D eigenvalue weighted by atomic mass is 9.77. The van der Waals surface area contributed by atoms with Crippen molar-refractivity contribution in [3.05, 3.63) is 35.4 Å². The second-order valence-corrected chi connectivity index (χ2v) is 5.44. The van der Waals surface area contributed by atoms with Crippen LogP contribution in [0.3, 0.4) is 0 Å². The Bertz CT molecular complexity index is 373. The van der Waals surface area contributed by atoms with Crippen molar-refractivity contribution < 1.29 is 4.74 Å². The topological polar surface area (TPSA) is 21.3 Å². The molecule has 0 bridgehead atoms. The van der Waals surface area contributed by atoms with Gasteiger partial charge in [0.15, 0.2) is 0 Å². The average Bonchev–Trinajstić information content (AvgIpc) is 2.38. The molecular weight excluding hydrogens is 234 g/mol. The van der Waals surface area contributed by atoms with E-state index in [0.29, 0.717) is 6.04 Å². The molecule has 2 rings (SSSR count). The van der Waals surface area contributed by atoms with Crippen LogP contribution in [0.2, 0.25) is 0 Å². The molecule has 1 N–H and O–H groups in total. The third-order valence-corrected chi connectivity index (χ3v) is 4.25. The Kier molecular flexibility index (Phi) is 5.87. The summed E-state index contributed by atoms with van der Waals surface area (Å²) >= 11 is 0. The van der Waals surface area contributed by atoms with E-state index in [1.807, 2.05) is 0 Å². The van der Waals surface area contributed by atoms with Crippen LogP contribution in [0.5, 0.6) is 0 Å². The number of rotatable bonds is 8. The van der Waals surface area contributed by atoms with Crippen LogP contribution >= 0.6 is 0 Å². The van der Waals surface area contributed by atoms with E-state index in [-0.39, 0.29) is 0 Å². The van der Waals surface area contributed by atoms with Gasteiger partial charge in [0.1, 0.15) is 0 Å². The summed E-state index contributed by atoms with van der Waals surface area (Å²) in [7, 11) is 2.07. The molecule has 2 heteroatoms. The minimum absolute atomic E-state index is 0.470. The summed E-state index contributed by atoms with van der Waals surface area (Å²) in [5.41, 5.74) is 3.08. The first-order chi connectivity index (χ1) is 9.36. The Morgan fingerprint density at radius 1 is 1.32 bits per heavy atom. The minimum atomic E-state index is 0.470. The molecule has 1 aromatic carbocycles. The third kappa shape index (κ3) is 3.80. The van der Waals surface area contributed by atoms with Crippen LogP contribution < -0.4 is 5.32 Å². The number of hydrogen-bond acceptors (Lipinski definition) is 2. The summed E-state index contributed by atoms with van der Waals surface area (Å²) in [5.74, 6) is 0.805. The molecule has 2 nitrogen and oxygen atoms in total. The highest BCUT2D eigenvalue weighted by Gasteiger charge is 2.24. The highest BCUT2D eigenvalue weighted by Crippen LogP contribution is 2.40. The Hall–Kier alpha value is -0.860. The van der Waals surface area contributed by atoms with Gasteiger partial charge in [0.25, 0.3) is 0 Å². The molecule has 0 amide bonds. The van der Waals surface area contributed by atoms with Gasteiger partial charge in [0, 0.05) is 19.3 Å². The summed E-state index contributed by atoms with van der Waals surface area (Å²) in [6.07, 6.45) is 6.41. The molecule has 106 valence electrons. The summed E-state index contributed by atoms with van der Waals surface area (Å²) < 4.78 is 5.45. The molecule has 0 aliphatic heterocycles. The molecule has 0 heterocycles. The Morgan fingerprint density at radius 2 is 2.11 bits per heavy atom. The number of ether oxygens (including phenoxy) is 1. The van der Waals surface area contributed by atoms with E-state index < -0.39 is 0 Å². The van der Waals surface area contributed by atoms with Crippen molar-refractivity contribution in [3.63, 3.8) is 0 Å². The van der Waals surface area contributed by atoms with E-state index in [0.717, 1.165) is 32.0 Å². The van der Waals surface area contributed by atoms with E-state index in [2.05, 4.69) is 43.6 Å². The van der Waals surface area contributed by atoms with Gasteiger partial charge >= 0.3 is 0 Å². The molecule has 1 fully saturated rings. The maximum atomic E-state index is 5.45. The first-order valence-electron chi connectivity index (χ1n) is 7.70. The van der Waals surface area contributed by atoms with Crippen LogP contribution in [0.25, 0.3) is 0 Å². The third-order valence-electron chi connectivity index (χ3n) is 4.25. The van der Waals surface area contributed by atoms with Crippen LogP contribution in [0, 0.1) is 0 Å². The van der Waals surface area contributed by atoms with E-state index >= 15 is 0 Å². The SMILES string of the molecule is CCOCCCC(NC)c1ccccc1C1CCC1. The predicted octanol–water partition coefficient (Wildman–Crippen LogP) is 4.03. The van der Waals surface area contributed by atoms with Gasteiger partial charge in [-0.25, -0.2) is 0 Å². The Balaban J connectivity index is 2.00. The van der Waals surface area contributed by atoms with Gasteiger partial charge in [-0.2, -0.15) is 0 Å². The molecular formula is C17H27NO. The molecule has 19 heavy (non-hydrogen) atoms. The van der Waals surface area contributed by atoms with Crippen LogP contribution in [0.15, 0.2) is 24.3 Å². The van der Waals surface area contributed by atoms with Crippen molar-refractivity contribution in [1.82, 2.24) is 5.32 Å². The first-order valence-corrected chi connectivity index (χ1v) is 7.70. The fourth-order valence-corrected chi connectivity index (χ4v) is 2.91. The van der Waals surface area contributed by atoms with Gasteiger partial charge in [-0.1, -0.05) is 30.7 Å². The molecule has 1 atom stereocenters. The smallest absolute Gasteiger partial charge is 0.0466 e. The van der Waals surface area contributed by atoms with Crippen molar-refractivity contribution in [2.24, 2.45) is 0 Å². The summed E-state index contributed by atoms with van der Waals surface area (Å²) in [6, 6.07) is 9.45. The van der Waals surface area contributed by atoms with Gasteiger partial charge in [0.05, 0.1) is 0 Å². The van der Waals surface area contributed by atoms with Crippen LogP contribution in [-0.2, 0) is 4.74 Å². The molecule has 1 saturated carbocycles. The molecule has 0 spiro atoms. The molecule has 1 aliphatic rings. The zero-order valence-corrected chi connectivity index (χ0v) is 12.3. The van der Waals surface area contributed by atoms with Crippen LogP contribution in [0.4, 0.5) is 0 Å². The van der Waals surface area contributed by atoms with Gasteiger partial charge in [-0.05, 0) is 56.7 Å². The van der Waals surface area contributed by atoms with Gasteiger partial charge in [0.2, 0.25) is 0 Å². The van der Waals surface area contributed by atoms with Gasteiger partial charge in [-0.15, -0.1) is 0 Å². The van der Waals surface area contributed by atoms with Crippen molar-refractivity contribution >= 4 is 0 Å². The largest absolute Gasteiger partial charge is 0.382 e. The normalized spacial score (nSPS) is 17.2. The average molecular weight is 261 g/mol. The lowest BCUT2D eigenvalue weighted by Crippen LogP contribution is -2.21. The molecule has 0 radical (unpaired) electrons. The van der Waals surface area contributed by atoms with Crippen molar-refractivity contribution in [2.75, 3.05) is 20.3 Å². The lowest BCUT2D eigenvalue weighted by Gasteiger charge is -2.30. The molecule has 1 aliphatic carbocycles. The van der Waals surface area contributed by atoms with Crippen molar-refractivity contribution in [3.8, 4) is 0 Å². The predicted molar refractivity (Wildman–Crippen MR) is 80.6 cm³/mol. The van der Waals surface area contributed by atoms with Crippen LogP contribution in [0.1, 0.15) is 62.1 Å². The highest BCUT2D eigenvalue weighted by molar-refractivity contribution is 5.34. The zero-order chi connectivity index (χ0) is 13.5. The Morgan fingerprint density at radius 3 is 2.74 bits per heavy atom. The fourth-order valence-electron chi connectivity index (χ4n) is 2.91. The zero-order valence-electron chi connectivity index (χ0n) is 12.3. The van der Waals surface area contributed by atoms with E-state index in [1.54, 1.807) is 5.56 Å². The van der Waals surface area contributed by atoms with E-state index in [4.69, 9.17) is 4.74 Å². The quantitative estimate of drug-likeness (QED) is 0.713. The standard InChI is InChI=1S/C17H27NO/c1-3-19-13-7-12-17(18-2)16-11-5-4-10-15(16)14-8-6-9-14/h4-5,10-11,14,17-18H,3,6-9,12-13H2,1-2H3. The maximum absolute atomic E-state index is 5.45. The number of hydrogen-bond donors (Lipinski definition) is 1. The summed E-state index contributed by atoms with van der Waals surface area (Å²) in [5, 5.41) is 3.48. The van der Waals surface area contributed by atoms with Crippen molar-refractivity contribution in [1.29, 1.82) is 0 Å². The maximum Gasteiger partial charge on any atom is 0.0466 e. The first kappa shape index (κ1) is 14.5. The molecule has 1 unspecified atom stereocenters. The lowest BCUT2D eigenvalue weighted by molar-refractivity contribution is 0.141. The molecule has 1 aromatic rings. The van der Waals surface area contributed by atoms with Gasteiger partial charge in [-0.3, -0.25) is 0 Å². The summed E-state index contributed by atoms with van der Waals surface area (Å²) in [6.45, 7) is 3.75. The monoisotopic (exact) mass is 261 g/mol. The van der Waals surface area contributed by atoms with E-state index in [1.165, 1.54) is 24.8 Å². The minimum Gasteiger partial charge on any atom is -0.382 e. The van der Waals surface area contributed by atoms with Crippen molar-refractivity contribution in [2.45, 2.75) is 51.0 Å². The second-order valence-electron chi connectivity index (χ2n) is 5.44. The fraction of sp³-hybridized carbons (Fsp3) is 0.647. The molecule has 0 saturated heterocycles. The molecule has 0 aromatic heterocycles. The summed E-state index contributed by atoms with van der Waals surface area (Å²) in [4.78, 5) is 0. The number of nitrogens with one attached hydrogen (secondary N) is 1.